The molecule has 0 saturated heterocycles. The second-order valence-corrected chi connectivity index (χ2v) is 9.32. The number of rotatable bonds is 6. The van der Waals surface area contributed by atoms with E-state index in [2.05, 4.69) is 20.1 Å². The van der Waals surface area contributed by atoms with Crippen molar-refractivity contribution in [1.82, 2.24) is 14.8 Å². The largest absolute Gasteiger partial charge is 0.320 e. The second kappa shape index (κ2) is 8.43. The highest BCUT2D eigenvalue weighted by molar-refractivity contribution is 7.92. The van der Waals surface area contributed by atoms with Gasteiger partial charge >= 0.3 is 0 Å². The van der Waals surface area contributed by atoms with E-state index in [4.69, 9.17) is 0 Å². The maximum absolute atomic E-state index is 13.1. The third kappa shape index (κ3) is 4.19. The summed E-state index contributed by atoms with van der Waals surface area (Å²) in [6.45, 7) is 5.78. The summed E-state index contributed by atoms with van der Waals surface area (Å²) in [6, 6.07) is 16.6. The highest BCUT2D eigenvalue weighted by Gasteiger charge is 2.19. The minimum Gasteiger partial charge on any atom is -0.320 e. The fraction of sp³-hybridized carbons (Fsp3) is 0.174. The number of amides is 1. The molecular formula is C23H23N5O3S. The van der Waals surface area contributed by atoms with E-state index in [1.54, 1.807) is 66.3 Å². The summed E-state index contributed by atoms with van der Waals surface area (Å²) < 4.78 is 29.8. The minimum atomic E-state index is -3.80. The fourth-order valence-electron chi connectivity index (χ4n) is 3.35. The molecule has 2 heterocycles. The van der Waals surface area contributed by atoms with Gasteiger partial charge in [-0.1, -0.05) is 30.3 Å². The number of anilines is 2. The van der Waals surface area contributed by atoms with E-state index in [-0.39, 0.29) is 22.5 Å². The van der Waals surface area contributed by atoms with E-state index in [1.807, 2.05) is 13.8 Å². The predicted molar refractivity (Wildman–Crippen MR) is 124 cm³/mol. The van der Waals surface area contributed by atoms with Gasteiger partial charge in [0, 0.05) is 11.4 Å². The van der Waals surface area contributed by atoms with Crippen molar-refractivity contribution in [1.29, 1.82) is 0 Å². The summed E-state index contributed by atoms with van der Waals surface area (Å²) >= 11 is 0. The van der Waals surface area contributed by atoms with Crippen LogP contribution in [0.5, 0.6) is 0 Å². The van der Waals surface area contributed by atoms with Crippen molar-refractivity contribution in [3.63, 3.8) is 0 Å². The van der Waals surface area contributed by atoms with Gasteiger partial charge in [0.15, 0.2) is 5.65 Å². The number of nitrogens with one attached hydrogen (secondary N) is 2. The van der Waals surface area contributed by atoms with Crippen LogP contribution in [0.3, 0.4) is 0 Å². The Morgan fingerprint density at radius 2 is 1.66 bits per heavy atom. The number of hydrogen-bond acceptors (Lipinski definition) is 5. The average Bonchev–Trinajstić information content (AvgIpc) is 3.18. The number of benzene rings is 2. The lowest BCUT2D eigenvalue weighted by molar-refractivity contribution is 0.102. The Hall–Kier alpha value is -3.72. The van der Waals surface area contributed by atoms with Crippen molar-refractivity contribution in [2.45, 2.75) is 31.7 Å². The van der Waals surface area contributed by atoms with Gasteiger partial charge in [-0.05, 0) is 51.1 Å². The number of nitrogens with zero attached hydrogens (tertiary/aromatic N) is 3. The number of aromatic nitrogens is 3. The molecule has 8 nitrogen and oxygen atoms in total. The van der Waals surface area contributed by atoms with Crippen LogP contribution < -0.4 is 10.0 Å². The molecular weight excluding hydrogens is 426 g/mol. The maximum atomic E-state index is 13.1. The topological polar surface area (TPSA) is 106 Å². The first-order valence-electron chi connectivity index (χ1n) is 10.1. The zero-order valence-corrected chi connectivity index (χ0v) is 18.7. The van der Waals surface area contributed by atoms with E-state index < -0.39 is 10.0 Å². The number of carbonyl (C=O) groups excluding carboxylic acids is 1. The Morgan fingerprint density at radius 3 is 2.34 bits per heavy atom. The van der Waals surface area contributed by atoms with Gasteiger partial charge in [0.2, 0.25) is 0 Å². The number of carbonyl (C=O) groups is 1. The van der Waals surface area contributed by atoms with Crippen molar-refractivity contribution in [2.24, 2.45) is 0 Å². The van der Waals surface area contributed by atoms with Gasteiger partial charge in [0.1, 0.15) is 0 Å². The minimum absolute atomic E-state index is 0.133. The second-order valence-electron chi connectivity index (χ2n) is 7.64. The molecule has 4 rings (SSSR count). The summed E-state index contributed by atoms with van der Waals surface area (Å²) in [5, 5.41) is 7.91. The summed E-state index contributed by atoms with van der Waals surface area (Å²) in [6.07, 6.45) is 1.68. The molecule has 0 unspecified atom stereocenters. The highest BCUT2D eigenvalue weighted by Crippen LogP contribution is 2.26. The Morgan fingerprint density at radius 1 is 1.00 bits per heavy atom. The predicted octanol–water partition coefficient (Wildman–Crippen LogP) is 4.37. The first-order chi connectivity index (χ1) is 15.3. The standard InChI is InChI=1S/C23H23N5O3S/c1-15(2)28-22-17(14-24-28)13-19(16(3)25-22)23(29)26-20-11-7-8-12-21(20)27-32(30,31)18-9-5-4-6-10-18/h4-15,27H,1-3H3,(H,26,29). The molecule has 2 aromatic heterocycles. The first-order valence-corrected chi connectivity index (χ1v) is 11.6. The average molecular weight is 450 g/mol. The highest BCUT2D eigenvalue weighted by atomic mass is 32.2. The van der Waals surface area contributed by atoms with Crippen LogP contribution in [0.2, 0.25) is 0 Å². The number of aryl methyl sites for hydroxylation is 1. The van der Waals surface area contributed by atoms with Gasteiger partial charge in [-0.25, -0.2) is 18.1 Å². The van der Waals surface area contributed by atoms with Crippen molar-refractivity contribution in [3.8, 4) is 0 Å². The quantitative estimate of drug-likeness (QED) is 0.455. The molecule has 2 aromatic carbocycles. The van der Waals surface area contributed by atoms with E-state index in [0.717, 1.165) is 5.39 Å². The summed E-state index contributed by atoms with van der Waals surface area (Å²) in [4.78, 5) is 17.8. The molecule has 0 spiro atoms. The van der Waals surface area contributed by atoms with Gasteiger partial charge < -0.3 is 5.32 Å². The molecule has 0 saturated carbocycles. The van der Waals surface area contributed by atoms with Gasteiger partial charge in [0.25, 0.3) is 15.9 Å². The lowest BCUT2D eigenvalue weighted by Crippen LogP contribution is -2.18. The zero-order chi connectivity index (χ0) is 22.9. The summed E-state index contributed by atoms with van der Waals surface area (Å²) in [7, 11) is -3.80. The van der Waals surface area contributed by atoms with Gasteiger partial charge in [-0.3, -0.25) is 9.52 Å². The molecule has 4 aromatic rings. The number of pyridine rings is 1. The Labute approximate surface area is 186 Å². The number of sulfonamides is 1. The molecule has 1 amide bonds. The zero-order valence-electron chi connectivity index (χ0n) is 17.9. The van der Waals surface area contributed by atoms with E-state index >= 15 is 0 Å². The Kier molecular flexibility index (Phi) is 5.67. The maximum Gasteiger partial charge on any atom is 0.261 e. The summed E-state index contributed by atoms with van der Waals surface area (Å²) in [5.41, 5.74) is 2.27. The van der Waals surface area contributed by atoms with E-state index in [0.29, 0.717) is 22.6 Å². The van der Waals surface area contributed by atoms with Crippen LogP contribution >= 0.6 is 0 Å². The smallest absolute Gasteiger partial charge is 0.261 e. The molecule has 32 heavy (non-hydrogen) atoms. The van der Waals surface area contributed by atoms with Crippen LogP contribution in [0.15, 0.2) is 71.8 Å². The summed E-state index contributed by atoms with van der Waals surface area (Å²) in [5.74, 6) is -0.388. The third-order valence-electron chi connectivity index (χ3n) is 4.97. The van der Waals surface area contributed by atoms with Crippen molar-refractivity contribution < 1.29 is 13.2 Å². The van der Waals surface area contributed by atoms with Crippen LogP contribution in [0.25, 0.3) is 11.0 Å². The monoisotopic (exact) mass is 449 g/mol. The first kappa shape index (κ1) is 21.5. The van der Waals surface area contributed by atoms with Crippen LogP contribution in [-0.2, 0) is 10.0 Å². The lowest BCUT2D eigenvalue weighted by atomic mass is 10.1. The number of fused-ring (bicyclic) bond motifs is 1. The van der Waals surface area contributed by atoms with Gasteiger partial charge in [0.05, 0.1) is 33.7 Å². The molecule has 164 valence electrons. The van der Waals surface area contributed by atoms with Gasteiger partial charge in [-0.2, -0.15) is 5.10 Å². The number of para-hydroxylation sites is 2. The Bertz CT molecular complexity index is 1400. The molecule has 0 aliphatic carbocycles. The molecule has 0 aliphatic rings. The van der Waals surface area contributed by atoms with E-state index in [9.17, 15) is 13.2 Å². The van der Waals surface area contributed by atoms with Crippen molar-refractivity contribution in [2.75, 3.05) is 10.0 Å². The van der Waals surface area contributed by atoms with Gasteiger partial charge in [-0.15, -0.1) is 0 Å². The van der Waals surface area contributed by atoms with Crippen LogP contribution in [0.4, 0.5) is 11.4 Å². The molecule has 0 radical (unpaired) electrons. The SMILES string of the molecule is Cc1nc2c(cnn2C(C)C)cc1C(=O)Nc1ccccc1NS(=O)(=O)c1ccccc1. The van der Waals surface area contributed by atoms with Crippen LogP contribution in [0, 0.1) is 6.92 Å². The third-order valence-corrected chi connectivity index (χ3v) is 6.35. The molecule has 0 aliphatic heterocycles. The molecule has 2 N–H and O–H groups in total. The van der Waals surface area contributed by atoms with Crippen molar-refractivity contribution in [3.05, 3.63) is 78.1 Å². The van der Waals surface area contributed by atoms with Crippen molar-refractivity contribution >= 4 is 38.3 Å². The normalized spacial score (nSPS) is 11.6. The lowest BCUT2D eigenvalue weighted by Gasteiger charge is -2.14. The molecule has 0 fully saturated rings. The van der Waals surface area contributed by atoms with Crippen LogP contribution in [-0.4, -0.2) is 29.1 Å². The number of hydrogen-bond donors (Lipinski definition) is 2. The molecule has 9 heteroatoms. The molecule has 0 atom stereocenters. The van der Waals surface area contributed by atoms with E-state index in [1.165, 1.54) is 12.1 Å². The van der Waals surface area contributed by atoms with Crippen LogP contribution in [0.1, 0.15) is 35.9 Å². The molecule has 0 bridgehead atoms. The fourth-order valence-corrected chi connectivity index (χ4v) is 4.45. The Balaban J connectivity index is 1.63.